The van der Waals surface area contributed by atoms with Crippen molar-refractivity contribution in [3.63, 3.8) is 0 Å². The van der Waals surface area contributed by atoms with E-state index in [0.29, 0.717) is 24.9 Å². The first kappa shape index (κ1) is 16.7. The number of aryl methyl sites for hydroxylation is 1. The predicted molar refractivity (Wildman–Crippen MR) is 79.7 cm³/mol. The van der Waals surface area contributed by atoms with Gasteiger partial charge in [-0.1, -0.05) is 51.1 Å². The predicted octanol–water partition coefficient (Wildman–Crippen LogP) is 3.87. The zero-order valence-electron chi connectivity index (χ0n) is 13.0. The Labute approximate surface area is 121 Å². The molecular weight excluding hydrogens is 254 g/mol. The van der Waals surface area contributed by atoms with Crippen LogP contribution >= 0.6 is 0 Å². The van der Waals surface area contributed by atoms with Gasteiger partial charge in [-0.15, -0.1) is 5.10 Å². The average Bonchev–Trinajstić information content (AvgIpc) is 2.85. The van der Waals surface area contributed by atoms with Crippen LogP contribution in [-0.4, -0.2) is 22.6 Å². The Hall–Kier alpha value is -1.39. The smallest absolute Gasteiger partial charge is 0.324 e. The molecule has 0 saturated heterocycles. The Morgan fingerprint density at radius 1 is 1.05 bits per heavy atom. The number of aromatic nitrogens is 2. The molecule has 1 rings (SSSR count). The Morgan fingerprint density at radius 3 is 2.35 bits per heavy atom. The molecule has 20 heavy (non-hydrogen) atoms. The zero-order chi connectivity index (χ0) is 14.8. The van der Waals surface area contributed by atoms with E-state index in [1.165, 1.54) is 12.8 Å². The van der Waals surface area contributed by atoms with Gasteiger partial charge in [-0.2, -0.15) is 0 Å². The molecule has 0 N–H and O–H groups in total. The van der Waals surface area contributed by atoms with Crippen LogP contribution in [0.15, 0.2) is 4.42 Å². The fourth-order valence-electron chi connectivity index (χ4n) is 2.08. The molecule has 0 aliphatic carbocycles. The summed E-state index contributed by atoms with van der Waals surface area (Å²) in [6.07, 6.45) is 8.17. The number of hydrogen-bond donors (Lipinski definition) is 0. The van der Waals surface area contributed by atoms with E-state index in [2.05, 4.69) is 24.0 Å². The lowest BCUT2D eigenvalue weighted by Gasteiger charge is -2.18. The molecular formula is C15H27N3O2. The van der Waals surface area contributed by atoms with E-state index in [-0.39, 0.29) is 5.91 Å². The third kappa shape index (κ3) is 5.72. The zero-order valence-corrected chi connectivity index (χ0v) is 13.0. The summed E-state index contributed by atoms with van der Waals surface area (Å²) in [5.74, 6) is 0.596. The molecule has 1 amide bonds. The van der Waals surface area contributed by atoms with Crippen molar-refractivity contribution in [2.24, 2.45) is 0 Å². The van der Waals surface area contributed by atoms with Gasteiger partial charge in [0.15, 0.2) is 0 Å². The van der Waals surface area contributed by atoms with Crippen LogP contribution < -0.4 is 4.90 Å². The van der Waals surface area contributed by atoms with Crippen molar-refractivity contribution in [2.75, 3.05) is 11.4 Å². The second kappa shape index (κ2) is 9.50. The first-order valence-electron chi connectivity index (χ1n) is 7.79. The largest absolute Gasteiger partial charge is 0.408 e. The Kier molecular flexibility index (Phi) is 7.92. The molecule has 5 heteroatoms. The minimum Gasteiger partial charge on any atom is -0.408 e. The third-order valence-electron chi connectivity index (χ3n) is 3.28. The molecule has 1 aromatic heterocycles. The molecule has 0 radical (unpaired) electrons. The lowest BCUT2D eigenvalue weighted by Crippen LogP contribution is -2.32. The maximum absolute atomic E-state index is 12.3. The number of rotatable bonds is 10. The molecule has 0 fully saturated rings. The first-order valence-corrected chi connectivity index (χ1v) is 7.79. The van der Waals surface area contributed by atoms with Gasteiger partial charge in [-0.25, -0.2) is 0 Å². The van der Waals surface area contributed by atoms with Gasteiger partial charge in [0.05, 0.1) is 0 Å². The number of carbonyl (C=O) groups is 1. The first-order chi connectivity index (χ1) is 9.69. The summed E-state index contributed by atoms with van der Waals surface area (Å²) in [5, 5.41) is 7.80. The number of amides is 1. The molecule has 114 valence electrons. The summed E-state index contributed by atoms with van der Waals surface area (Å²) in [7, 11) is 0. The second-order valence-corrected chi connectivity index (χ2v) is 5.17. The molecule has 0 aliphatic rings. The summed E-state index contributed by atoms with van der Waals surface area (Å²) in [4.78, 5) is 13.9. The average molecular weight is 281 g/mol. The molecule has 0 bridgehead atoms. The summed E-state index contributed by atoms with van der Waals surface area (Å²) in [6.45, 7) is 6.73. The summed E-state index contributed by atoms with van der Waals surface area (Å²) >= 11 is 0. The highest BCUT2D eigenvalue weighted by atomic mass is 16.4. The van der Waals surface area contributed by atoms with E-state index in [1.54, 1.807) is 11.8 Å². The van der Waals surface area contributed by atoms with E-state index in [1.807, 2.05) is 0 Å². The molecule has 1 heterocycles. The van der Waals surface area contributed by atoms with Gasteiger partial charge < -0.3 is 4.42 Å². The Bertz CT molecular complexity index is 390. The van der Waals surface area contributed by atoms with Crippen molar-refractivity contribution >= 4 is 11.9 Å². The van der Waals surface area contributed by atoms with Crippen molar-refractivity contribution in [1.29, 1.82) is 0 Å². The van der Waals surface area contributed by atoms with E-state index < -0.39 is 0 Å². The normalized spacial score (nSPS) is 10.8. The molecule has 0 spiro atoms. The molecule has 0 atom stereocenters. The summed E-state index contributed by atoms with van der Waals surface area (Å²) in [6, 6.07) is 0.348. The number of carbonyl (C=O) groups excluding carboxylic acids is 1. The van der Waals surface area contributed by atoms with Crippen LogP contribution in [0.5, 0.6) is 0 Å². The molecule has 5 nitrogen and oxygen atoms in total. The topological polar surface area (TPSA) is 59.2 Å². The molecule has 0 aromatic carbocycles. The summed E-state index contributed by atoms with van der Waals surface area (Å²) < 4.78 is 5.41. The minimum atomic E-state index is 0.0959. The van der Waals surface area contributed by atoms with Crippen molar-refractivity contribution < 1.29 is 9.21 Å². The van der Waals surface area contributed by atoms with Crippen LogP contribution in [0.25, 0.3) is 0 Å². The van der Waals surface area contributed by atoms with Crippen LogP contribution in [-0.2, 0) is 4.79 Å². The van der Waals surface area contributed by atoms with Crippen LogP contribution in [0.1, 0.15) is 71.1 Å². The van der Waals surface area contributed by atoms with Gasteiger partial charge in [0.1, 0.15) is 0 Å². The van der Waals surface area contributed by atoms with Crippen molar-refractivity contribution in [2.45, 2.75) is 72.1 Å². The van der Waals surface area contributed by atoms with Gasteiger partial charge in [0.25, 0.3) is 0 Å². The molecule has 0 saturated carbocycles. The van der Waals surface area contributed by atoms with Gasteiger partial charge in [0.2, 0.25) is 11.8 Å². The fourth-order valence-corrected chi connectivity index (χ4v) is 2.08. The highest BCUT2D eigenvalue weighted by molar-refractivity contribution is 5.91. The second-order valence-electron chi connectivity index (χ2n) is 5.17. The number of hydrogen-bond acceptors (Lipinski definition) is 4. The monoisotopic (exact) mass is 281 g/mol. The van der Waals surface area contributed by atoms with Crippen LogP contribution in [0.4, 0.5) is 6.01 Å². The highest BCUT2D eigenvalue weighted by Gasteiger charge is 2.20. The van der Waals surface area contributed by atoms with E-state index in [4.69, 9.17) is 4.42 Å². The molecule has 0 unspecified atom stereocenters. The van der Waals surface area contributed by atoms with Gasteiger partial charge >= 0.3 is 6.01 Å². The van der Waals surface area contributed by atoms with Crippen molar-refractivity contribution in [3.05, 3.63) is 5.89 Å². The lowest BCUT2D eigenvalue weighted by atomic mass is 10.1. The van der Waals surface area contributed by atoms with Crippen molar-refractivity contribution in [3.8, 4) is 0 Å². The van der Waals surface area contributed by atoms with Gasteiger partial charge in [0, 0.05) is 19.9 Å². The van der Waals surface area contributed by atoms with E-state index in [9.17, 15) is 4.79 Å². The van der Waals surface area contributed by atoms with Crippen LogP contribution in [0.2, 0.25) is 0 Å². The quantitative estimate of drug-likeness (QED) is 0.611. The highest BCUT2D eigenvalue weighted by Crippen LogP contribution is 2.16. The van der Waals surface area contributed by atoms with Crippen LogP contribution in [0.3, 0.4) is 0 Å². The summed E-state index contributed by atoms with van der Waals surface area (Å²) in [5.41, 5.74) is 0. The van der Waals surface area contributed by atoms with Crippen molar-refractivity contribution in [1.82, 2.24) is 10.2 Å². The number of anilines is 1. The fraction of sp³-hybridized carbons (Fsp3) is 0.800. The molecule has 0 aliphatic heterocycles. The van der Waals surface area contributed by atoms with E-state index in [0.717, 1.165) is 32.1 Å². The number of unbranched alkanes of at least 4 members (excludes halogenated alkanes) is 5. The number of nitrogens with zero attached hydrogens (tertiary/aromatic N) is 3. The molecule has 1 aromatic rings. The maximum atomic E-state index is 12.3. The SMILES string of the molecule is CCCCCCN(C(=O)CCCCC)c1nnc(C)o1. The Morgan fingerprint density at radius 2 is 1.75 bits per heavy atom. The van der Waals surface area contributed by atoms with E-state index >= 15 is 0 Å². The maximum Gasteiger partial charge on any atom is 0.324 e. The lowest BCUT2D eigenvalue weighted by molar-refractivity contribution is -0.119. The van der Waals surface area contributed by atoms with Gasteiger partial charge in [-0.05, 0) is 12.8 Å². The Balaban J connectivity index is 2.56. The standard InChI is InChI=1S/C15H27N3O2/c1-4-6-8-10-12-18(14(19)11-9-7-5-2)15-17-16-13(3)20-15/h4-12H2,1-3H3. The van der Waals surface area contributed by atoms with Crippen LogP contribution in [0, 0.1) is 6.92 Å². The minimum absolute atomic E-state index is 0.0959. The van der Waals surface area contributed by atoms with Gasteiger partial charge in [-0.3, -0.25) is 9.69 Å². The third-order valence-corrected chi connectivity index (χ3v) is 3.28.